The number of H-pyrrole nitrogens is 1. The van der Waals surface area contributed by atoms with Crippen LogP contribution in [0.2, 0.25) is 5.02 Å². The Morgan fingerprint density at radius 3 is 2.84 bits per heavy atom. The minimum Gasteiger partial charge on any atom is -0.356 e. The predicted octanol–water partition coefficient (Wildman–Crippen LogP) is 4.10. The first-order valence-electron chi connectivity index (χ1n) is 7.29. The minimum atomic E-state index is 0.709. The number of aromatic nitrogens is 1. The number of nitrogens with one attached hydrogen (secondary N) is 2. The number of halogens is 1. The van der Waals surface area contributed by atoms with Gasteiger partial charge < -0.3 is 10.3 Å². The molecule has 100 valence electrons. The van der Waals surface area contributed by atoms with Crippen molar-refractivity contribution in [1.29, 1.82) is 0 Å². The highest BCUT2D eigenvalue weighted by Gasteiger charge is 2.39. The molecule has 2 bridgehead atoms. The second-order valence-corrected chi connectivity index (χ2v) is 6.50. The average Bonchev–Trinajstić information content (AvgIpc) is 3.12. The highest BCUT2D eigenvalue weighted by Crippen LogP contribution is 2.44. The van der Waals surface area contributed by atoms with Crippen LogP contribution in [-0.4, -0.2) is 11.0 Å². The van der Waals surface area contributed by atoms with Crippen molar-refractivity contribution in [3.63, 3.8) is 0 Å². The predicted molar refractivity (Wildman–Crippen MR) is 79.4 cm³/mol. The van der Waals surface area contributed by atoms with Crippen LogP contribution in [0.25, 0.3) is 10.9 Å². The van der Waals surface area contributed by atoms with Crippen molar-refractivity contribution in [3.05, 3.63) is 35.0 Å². The summed E-state index contributed by atoms with van der Waals surface area (Å²) in [6, 6.07) is 8.95. The van der Waals surface area contributed by atoms with Gasteiger partial charge in [-0.3, -0.25) is 0 Å². The molecule has 1 aromatic heterocycles. The van der Waals surface area contributed by atoms with E-state index in [0.717, 1.165) is 40.0 Å². The van der Waals surface area contributed by atoms with Crippen molar-refractivity contribution in [2.24, 2.45) is 11.8 Å². The summed E-state index contributed by atoms with van der Waals surface area (Å²) in [6.45, 7) is 0.863. The first-order chi connectivity index (χ1) is 9.31. The summed E-state index contributed by atoms with van der Waals surface area (Å²) in [4.78, 5) is 3.44. The number of hydrogen-bond donors (Lipinski definition) is 2. The van der Waals surface area contributed by atoms with Crippen molar-refractivity contribution >= 4 is 22.5 Å². The van der Waals surface area contributed by atoms with Crippen molar-refractivity contribution in [3.8, 4) is 0 Å². The summed E-state index contributed by atoms with van der Waals surface area (Å²) in [5, 5.41) is 5.73. The Labute approximate surface area is 118 Å². The zero-order valence-electron chi connectivity index (χ0n) is 11.0. The molecule has 3 unspecified atom stereocenters. The van der Waals surface area contributed by atoms with Crippen LogP contribution < -0.4 is 5.32 Å². The fourth-order valence-corrected chi connectivity index (χ4v) is 4.29. The Hall–Kier alpha value is -0.990. The van der Waals surface area contributed by atoms with Crippen LogP contribution in [0.1, 0.15) is 31.4 Å². The van der Waals surface area contributed by atoms with Crippen molar-refractivity contribution in [2.75, 3.05) is 0 Å². The zero-order chi connectivity index (χ0) is 12.8. The van der Waals surface area contributed by atoms with E-state index in [4.69, 9.17) is 11.6 Å². The monoisotopic (exact) mass is 274 g/mol. The first-order valence-corrected chi connectivity index (χ1v) is 7.67. The van der Waals surface area contributed by atoms with Crippen LogP contribution >= 0.6 is 11.6 Å². The van der Waals surface area contributed by atoms with E-state index in [1.165, 1.54) is 25.7 Å². The molecule has 3 heteroatoms. The maximum atomic E-state index is 6.45. The Morgan fingerprint density at radius 2 is 2.11 bits per heavy atom. The molecule has 4 rings (SSSR count). The molecule has 3 atom stereocenters. The van der Waals surface area contributed by atoms with Crippen LogP contribution in [0.15, 0.2) is 24.3 Å². The quantitative estimate of drug-likeness (QED) is 0.866. The van der Waals surface area contributed by atoms with Gasteiger partial charge in [-0.05, 0) is 37.2 Å². The van der Waals surface area contributed by atoms with Gasteiger partial charge in [-0.15, -0.1) is 0 Å². The number of rotatable bonds is 3. The van der Waals surface area contributed by atoms with E-state index in [9.17, 15) is 0 Å². The van der Waals surface area contributed by atoms with E-state index < -0.39 is 0 Å². The fourth-order valence-electron chi connectivity index (χ4n) is 4.01. The van der Waals surface area contributed by atoms with E-state index in [1.54, 1.807) is 0 Å². The van der Waals surface area contributed by atoms with Gasteiger partial charge in [0.05, 0.1) is 5.02 Å². The number of aromatic amines is 1. The zero-order valence-corrected chi connectivity index (χ0v) is 11.7. The highest BCUT2D eigenvalue weighted by atomic mass is 35.5. The standard InChI is InChI=1S/C16H19ClN2/c17-16-12-3-1-2-4-13(12)19-15(16)9-18-14-8-10-5-6-11(14)7-10/h1-4,10-11,14,18-19H,5-9H2. The molecule has 0 radical (unpaired) electrons. The van der Waals surface area contributed by atoms with E-state index in [1.807, 2.05) is 12.1 Å². The summed E-state index contributed by atoms with van der Waals surface area (Å²) < 4.78 is 0. The summed E-state index contributed by atoms with van der Waals surface area (Å²) in [7, 11) is 0. The molecule has 2 nitrogen and oxygen atoms in total. The van der Waals surface area contributed by atoms with E-state index >= 15 is 0 Å². The summed E-state index contributed by atoms with van der Waals surface area (Å²) in [5.74, 6) is 1.90. The molecular weight excluding hydrogens is 256 g/mol. The molecule has 19 heavy (non-hydrogen) atoms. The Bertz CT molecular complexity index is 604. The maximum Gasteiger partial charge on any atom is 0.0705 e. The van der Waals surface area contributed by atoms with Crippen LogP contribution in [0.5, 0.6) is 0 Å². The normalized spacial score (nSPS) is 29.4. The molecule has 2 N–H and O–H groups in total. The molecule has 0 spiro atoms. The van der Waals surface area contributed by atoms with E-state index in [2.05, 4.69) is 22.4 Å². The van der Waals surface area contributed by atoms with Gasteiger partial charge in [0.15, 0.2) is 0 Å². The van der Waals surface area contributed by atoms with Gasteiger partial charge in [0.25, 0.3) is 0 Å². The third-order valence-corrected chi connectivity index (χ3v) is 5.42. The molecule has 1 aromatic carbocycles. The molecule has 2 fully saturated rings. The smallest absolute Gasteiger partial charge is 0.0705 e. The molecule has 0 saturated heterocycles. The second-order valence-electron chi connectivity index (χ2n) is 6.13. The SMILES string of the molecule is Clc1c(CNC2CC3CCC2C3)[nH]c2ccccc12. The molecular formula is C16H19ClN2. The lowest BCUT2D eigenvalue weighted by atomic mass is 9.95. The lowest BCUT2D eigenvalue weighted by molar-refractivity contribution is 0.350. The largest absolute Gasteiger partial charge is 0.356 e. The van der Waals surface area contributed by atoms with Crippen molar-refractivity contribution in [1.82, 2.24) is 10.3 Å². The summed E-state index contributed by atoms with van der Waals surface area (Å²) in [5.41, 5.74) is 2.27. The number of hydrogen-bond acceptors (Lipinski definition) is 1. The lowest BCUT2D eigenvalue weighted by Crippen LogP contribution is -2.33. The molecule has 0 amide bonds. The second kappa shape index (κ2) is 4.53. The van der Waals surface area contributed by atoms with E-state index in [0.29, 0.717) is 6.04 Å². The molecule has 1 heterocycles. The van der Waals surface area contributed by atoms with Gasteiger partial charge in [0.1, 0.15) is 0 Å². The van der Waals surface area contributed by atoms with Crippen LogP contribution in [0, 0.1) is 11.8 Å². The Kier molecular flexibility index (Phi) is 2.82. The lowest BCUT2D eigenvalue weighted by Gasteiger charge is -2.22. The molecule has 2 aliphatic rings. The topological polar surface area (TPSA) is 27.8 Å². The highest BCUT2D eigenvalue weighted by molar-refractivity contribution is 6.36. The van der Waals surface area contributed by atoms with Crippen molar-refractivity contribution in [2.45, 2.75) is 38.3 Å². The molecule has 0 aliphatic heterocycles. The van der Waals surface area contributed by atoms with Crippen molar-refractivity contribution < 1.29 is 0 Å². The average molecular weight is 275 g/mol. The van der Waals surface area contributed by atoms with Gasteiger partial charge in [-0.25, -0.2) is 0 Å². The number of para-hydroxylation sites is 1. The summed E-state index contributed by atoms with van der Waals surface area (Å²) in [6.07, 6.45) is 5.68. The third-order valence-electron chi connectivity index (χ3n) is 4.99. The molecule has 2 aromatic rings. The van der Waals surface area contributed by atoms with Crippen LogP contribution in [-0.2, 0) is 6.54 Å². The van der Waals surface area contributed by atoms with Gasteiger partial charge in [0.2, 0.25) is 0 Å². The fraction of sp³-hybridized carbons (Fsp3) is 0.500. The Morgan fingerprint density at radius 1 is 1.21 bits per heavy atom. The van der Waals surface area contributed by atoms with Crippen LogP contribution in [0.4, 0.5) is 0 Å². The number of fused-ring (bicyclic) bond motifs is 3. The van der Waals surface area contributed by atoms with E-state index in [-0.39, 0.29) is 0 Å². The van der Waals surface area contributed by atoms with Gasteiger partial charge in [0, 0.05) is 29.2 Å². The van der Waals surface area contributed by atoms with Gasteiger partial charge in [-0.2, -0.15) is 0 Å². The van der Waals surface area contributed by atoms with Gasteiger partial charge >= 0.3 is 0 Å². The van der Waals surface area contributed by atoms with Gasteiger partial charge in [-0.1, -0.05) is 36.2 Å². The third kappa shape index (κ3) is 1.98. The Balaban J connectivity index is 1.51. The first kappa shape index (κ1) is 11.8. The minimum absolute atomic E-state index is 0.709. The molecule has 2 saturated carbocycles. The van der Waals surface area contributed by atoms with Crippen LogP contribution in [0.3, 0.4) is 0 Å². The molecule has 2 aliphatic carbocycles. The summed E-state index contributed by atoms with van der Waals surface area (Å²) >= 11 is 6.45. The maximum absolute atomic E-state index is 6.45. The number of benzene rings is 1.